The van der Waals surface area contributed by atoms with E-state index in [1.165, 1.54) is 5.39 Å². The lowest BCUT2D eigenvalue weighted by Crippen LogP contribution is -2.27. The third-order valence-corrected chi connectivity index (χ3v) is 4.14. The maximum absolute atomic E-state index is 5.57. The van der Waals surface area contributed by atoms with Gasteiger partial charge < -0.3 is 10.1 Å². The van der Waals surface area contributed by atoms with Crippen LogP contribution in [0.4, 0.5) is 5.82 Å². The summed E-state index contributed by atoms with van der Waals surface area (Å²) in [6, 6.07) is 8.55. The lowest BCUT2D eigenvalue weighted by molar-refractivity contribution is 0.121. The normalized spacial score (nSPS) is 23.4. The molecule has 94 valence electrons. The molecule has 2 aromatic rings. The number of hydrogen-bond acceptors (Lipinski definition) is 3. The van der Waals surface area contributed by atoms with Gasteiger partial charge in [0.15, 0.2) is 0 Å². The molecule has 0 bridgehead atoms. The summed E-state index contributed by atoms with van der Waals surface area (Å²) in [6.45, 7) is 2.93. The lowest BCUT2D eigenvalue weighted by atomic mass is 10.1. The summed E-state index contributed by atoms with van der Waals surface area (Å²) in [6.07, 6.45) is 3.12. The molecule has 1 aromatic carbocycles. The van der Waals surface area contributed by atoms with Crippen molar-refractivity contribution in [3.05, 3.63) is 34.9 Å². The Morgan fingerprint density at radius 2 is 2.22 bits per heavy atom. The fourth-order valence-corrected chi connectivity index (χ4v) is 2.88. The van der Waals surface area contributed by atoms with E-state index in [4.69, 9.17) is 4.74 Å². The van der Waals surface area contributed by atoms with E-state index in [9.17, 15) is 0 Å². The minimum absolute atomic E-state index is 0.245. The number of halogens is 1. The molecule has 1 saturated heterocycles. The molecule has 0 aliphatic carbocycles. The first-order valence-corrected chi connectivity index (χ1v) is 6.96. The SMILES string of the molecule is CC1OCCC1Nc1nccc2c(Br)cccc12. The Morgan fingerprint density at radius 1 is 1.33 bits per heavy atom. The van der Waals surface area contributed by atoms with Gasteiger partial charge in [0.05, 0.1) is 12.1 Å². The van der Waals surface area contributed by atoms with Crippen molar-refractivity contribution in [2.75, 3.05) is 11.9 Å². The van der Waals surface area contributed by atoms with Crippen LogP contribution in [-0.2, 0) is 4.74 Å². The van der Waals surface area contributed by atoms with Crippen LogP contribution in [0, 0.1) is 0 Å². The standard InChI is InChI=1S/C14H15BrN2O/c1-9-13(6-8-18-9)17-14-11-3-2-4-12(15)10(11)5-7-16-14/h2-5,7,9,13H,6,8H2,1H3,(H,16,17). The number of hydrogen-bond donors (Lipinski definition) is 1. The third kappa shape index (κ3) is 2.10. The first-order valence-electron chi connectivity index (χ1n) is 6.17. The molecule has 1 aromatic heterocycles. The largest absolute Gasteiger partial charge is 0.376 e. The molecule has 2 heterocycles. The number of benzene rings is 1. The van der Waals surface area contributed by atoms with Gasteiger partial charge in [0.25, 0.3) is 0 Å². The average Bonchev–Trinajstić information content (AvgIpc) is 2.77. The van der Waals surface area contributed by atoms with Crippen LogP contribution < -0.4 is 5.32 Å². The van der Waals surface area contributed by atoms with Gasteiger partial charge in [-0.25, -0.2) is 4.98 Å². The number of rotatable bonds is 2. The topological polar surface area (TPSA) is 34.1 Å². The number of ether oxygens (including phenoxy) is 1. The van der Waals surface area contributed by atoms with Crippen LogP contribution in [0.3, 0.4) is 0 Å². The number of nitrogens with zero attached hydrogens (tertiary/aromatic N) is 1. The van der Waals surface area contributed by atoms with Crippen molar-refractivity contribution in [2.45, 2.75) is 25.5 Å². The van der Waals surface area contributed by atoms with Gasteiger partial charge in [-0.2, -0.15) is 0 Å². The Morgan fingerprint density at radius 3 is 3.00 bits per heavy atom. The van der Waals surface area contributed by atoms with Gasteiger partial charge in [0, 0.05) is 28.0 Å². The van der Waals surface area contributed by atoms with Crippen molar-refractivity contribution in [2.24, 2.45) is 0 Å². The molecular weight excluding hydrogens is 292 g/mol. The minimum atomic E-state index is 0.245. The van der Waals surface area contributed by atoms with Gasteiger partial charge in [-0.3, -0.25) is 0 Å². The molecule has 0 spiro atoms. The van der Waals surface area contributed by atoms with E-state index < -0.39 is 0 Å². The van der Waals surface area contributed by atoms with Gasteiger partial charge in [0.1, 0.15) is 5.82 Å². The van der Waals surface area contributed by atoms with Crippen molar-refractivity contribution >= 4 is 32.5 Å². The molecule has 1 aliphatic rings. The third-order valence-electron chi connectivity index (χ3n) is 3.45. The smallest absolute Gasteiger partial charge is 0.134 e. The predicted octanol–water partition coefficient (Wildman–Crippen LogP) is 3.59. The van der Waals surface area contributed by atoms with E-state index in [2.05, 4.69) is 39.2 Å². The summed E-state index contributed by atoms with van der Waals surface area (Å²) in [4.78, 5) is 4.46. The molecule has 4 heteroatoms. The van der Waals surface area contributed by atoms with Crippen LogP contribution in [0.15, 0.2) is 34.9 Å². The highest BCUT2D eigenvalue weighted by Crippen LogP contribution is 2.29. The van der Waals surface area contributed by atoms with E-state index in [0.29, 0.717) is 6.04 Å². The Hall–Kier alpha value is -1.13. The minimum Gasteiger partial charge on any atom is -0.376 e. The highest BCUT2D eigenvalue weighted by molar-refractivity contribution is 9.10. The zero-order chi connectivity index (χ0) is 12.5. The predicted molar refractivity (Wildman–Crippen MR) is 76.9 cm³/mol. The summed E-state index contributed by atoms with van der Waals surface area (Å²) >= 11 is 3.58. The van der Waals surface area contributed by atoms with Crippen LogP contribution in [0.5, 0.6) is 0 Å². The molecule has 1 fully saturated rings. The maximum Gasteiger partial charge on any atom is 0.134 e. The van der Waals surface area contributed by atoms with Crippen LogP contribution in [0.2, 0.25) is 0 Å². The number of nitrogens with one attached hydrogen (secondary N) is 1. The van der Waals surface area contributed by atoms with Crippen molar-refractivity contribution in [3.63, 3.8) is 0 Å². The molecule has 18 heavy (non-hydrogen) atoms. The van der Waals surface area contributed by atoms with Crippen LogP contribution in [0.1, 0.15) is 13.3 Å². The zero-order valence-electron chi connectivity index (χ0n) is 10.2. The van der Waals surface area contributed by atoms with Crippen molar-refractivity contribution in [1.29, 1.82) is 0 Å². The lowest BCUT2D eigenvalue weighted by Gasteiger charge is -2.18. The molecule has 0 amide bonds. The fourth-order valence-electron chi connectivity index (χ4n) is 2.38. The number of pyridine rings is 1. The molecule has 1 N–H and O–H groups in total. The first kappa shape index (κ1) is 11.9. The number of aromatic nitrogens is 1. The number of anilines is 1. The maximum atomic E-state index is 5.57. The fraction of sp³-hybridized carbons (Fsp3) is 0.357. The van der Waals surface area contributed by atoms with Gasteiger partial charge >= 0.3 is 0 Å². The van der Waals surface area contributed by atoms with E-state index in [-0.39, 0.29) is 6.10 Å². The quantitative estimate of drug-likeness (QED) is 0.920. The van der Waals surface area contributed by atoms with E-state index >= 15 is 0 Å². The molecule has 1 aliphatic heterocycles. The Balaban J connectivity index is 1.99. The molecular formula is C14H15BrN2O. The number of fused-ring (bicyclic) bond motifs is 1. The highest BCUT2D eigenvalue weighted by atomic mass is 79.9. The van der Waals surface area contributed by atoms with Gasteiger partial charge in [-0.05, 0) is 25.5 Å². The van der Waals surface area contributed by atoms with Crippen molar-refractivity contribution in [1.82, 2.24) is 4.98 Å². The van der Waals surface area contributed by atoms with E-state index in [1.807, 2.05) is 24.4 Å². The monoisotopic (exact) mass is 306 g/mol. The summed E-state index contributed by atoms with van der Waals surface area (Å²) < 4.78 is 6.67. The Labute approximate surface area is 115 Å². The molecule has 0 radical (unpaired) electrons. The summed E-state index contributed by atoms with van der Waals surface area (Å²) in [5, 5.41) is 5.83. The van der Waals surface area contributed by atoms with E-state index in [1.54, 1.807) is 0 Å². The Bertz CT molecular complexity index is 573. The summed E-state index contributed by atoms with van der Waals surface area (Å²) in [7, 11) is 0. The van der Waals surface area contributed by atoms with Crippen LogP contribution in [-0.4, -0.2) is 23.7 Å². The first-order chi connectivity index (χ1) is 8.75. The van der Waals surface area contributed by atoms with Gasteiger partial charge in [-0.15, -0.1) is 0 Å². The summed E-state index contributed by atoms with van der Waals surface area (Å²) in [5.74, 6) is 0.941. The van der Waals surface area contributed by atoms with Gasteiger partial charge in [-0.1, -0.05) is 28.1 Å². The van der Waals surface area contributed by atoms with Crippen molar-refractivity contribution in [3.8, 4) is 0 Å². The molecule has 3 rings (SSSR count). The van der Waals surface area contributed by atoms with Crippen LogP contribution >= 0.6 is 15.9 Å². The van der Waals surface area contributed by atoms with Crippen molar-refractivity contribution < 1.29 is 4.74 Å². The molecule has 3 nitrogen and oxygen atoms in total. The second kappa shape index (κ2) is 4.86. The van der Waals surface area contributed by atoms with E-state index in [0.717, 1.165) is 28.7 Å². The van der Waals surface area contributed by atoms with Gasteiger partial charge in [0.2, 0.25) is 0 Å². The molecule has 0 saturated carbocycles. The van der Waals surface area contributed by atoms with Crippen LogP contribution in [0.25, 0.3) is 10.8 Å². The molecule has 2 atom stereocenters. The zero-order valence-corrected chi connectivity index (χ0v) is 11.8. The highest BCUT2D eigenvalue weighted by Gasteiger charge is 2.24. The second-order valence-corrected chi connectivity index (χ2v) is 5.46. The second-order valence-electron chi connectivity index (χ2n) is 4.61. The molecule has 2 unspecified atom stereocenters. The summed E-state index contributed by atoms with van der Waals surface area (Å²) in [5.41, 5.74) is 0. The Kier molecular flexibility index (Phi) is 3.22. The average molecular weight is 307 g/mol.